The number of methoxy groups -OCH3 is 1. The van der Waals surface area contributed by atoms with E-state index in [0.29, 0.717) is 17.9 Å². The van der Waals surface area contributed by atoms with Crippen LogP contribution in [0, 0.1) is 0 Å². The Morgan fingerprint density at radius 2 is 1.93 bits per heavy atom. The normalized spacial score (nSPS) is 11.2. The molecule has 0 amide bonds. The van der Waals surface area contributed by atoms with Crippen LogP contribution in [0.2, 0.25) is 0 Å². The molecule has 0 spiro atoms. The third-order valence-electron chi connectivity index (χ3n) is 4.52. The van der Waals surface area contributed by atoms with Gasteiger partial charge in [-0.05, 0) is 35.9 Å². The highest BCUT2D eigenvalue weighted by Crippen LogP contribution is 2.32. The van der Waals surface area contributed by atoms with Crippen LogP contribution in [0.25, 0.3) is 21.8 Å². The van der Waals surface area contributed by atoms with Crippen LogP contribution in [0.4, 0.5) is 0 Å². The summed E-state index contributed by atoms with van der Waals surface area (Å²) in [4.78, 5) is 19.0. The molecule has 0 bridgehead atoms. The van der Waals surface area contributed by atoms with Crippen LogP contribution in [0.5, 0.6) is 5.75 Å². The molecule has 6 nitrogen and oxygen atoms in total. The van der Waals surface area contributed by atoms with Crippen molar-refractivity contribution >= 4 is 43.7 Å². The van der Waals surface area contributed by atoms with E-state index in [1.54, 1.807) is 6.20 Å². The van der Waals surface area contributed by atoms with Gasteiger partial charge in [-0.1, -0.05) is 28.1 Å². The number of aromatic amines is 1. The summed E-state index contributed by atoms with van der Waals surface area (Å²) in [6.07, 6.45) is 1.54. The third kappa shape index (κ3) is 3.46. The van der Waals surface area contributed by atoms with Gasteiger partial charge in [0.25, 0.3) is 0 Å². The van der Waals surface area contributed by atoms with Gasteiger partial charge in [0.05, 0.1) is 18.3 Å². The van der Waals surface area contributed by atoms with E-state index in [9.17, 15) is 9.90 Å². The minimum absolute atomic E-state index is 0.00330. The summed E-state index contributed by atoms with van der Waals surface area (Å²) in [6.45, 7) is 0.594. The van der Waals surface area contributed by atoms with E-state index in [2.05, 4.69) is 25.9 Å². The molecule has 2 N–H and O–H groups in total. The lowest BCUT2D eigenvalue weighted by Gasteiger charge is -2.08. The Kier molecular flexibility index (Phi) is 5.02. The number of benzene rings is 2. The Balaban J connectivity index is 1.76. The summed E-state index contributed by atoms with van der Waals surface area (Å²) in [6, 6.07) is 13.7. The minimum Gasteiger partial charge on any atom is -0.489 e. The van der Waals surface area contributed by atoms with Crippen molar-refractivity contribution in [1.82, 2.24) is 9.97 Å². The van der Waals surface area contributed by atoms with Crippen LogP contribution in [-0.2, 0) is 18.0 Å². The van der Waals surface area contributed by atoms with E-state index in [1.807, 2.05) is 42.5 Å². The van der Waals surface area contributed by atoms with Crippen molar-refractivity contribution in [3.8, 4) is 5.75 Å². The number of aromatic carboxylic acids is 1. The molecule has 4 rings (SSSR count). The van der Waals surface area contributed by atoms with E-state index >= 15 is 0 Å². The number of carbonyl (C=O) groups is 1. The molecule has 28 heavy (non-hydrogen) atoms. The average Bonchev–Trinajstić information content (AvgIpc) is 3.06. The van der Waals surface area contributed by atoms with Crippen LogP contribution in [0.3, 0.4) is 0 Å². The van der Waals surface area contributed by atoms with Crippen LogP contribution < -0.4 is 4.74 Å². The Morgan fingerprint density at radius 3 is 2.64 bits per heavy atom. The molecule has 0 saturated heterocycles. The third-order valence-corrected chi connectivity index (χ3v) is 5.05. The molecule has 4 aromatic rings. The Hall–Kier alpha value is -2.90. The van der Waals surface area contributed by atoms with Crippen molar-refractivity contribution in [2.75, 3.05) is 7.11 Å². The standard InChI is InChI=1S/C21H17BrN2O4/c1-27-11-16-19-15-8-14(28-10-12-2-4-13(22)5-3-12)6-7-17(15)24-18(19)9-23-20(16)21(25)26/h2-9,24H,10-11H2,1H3,(H,25,26). The van der Waals surface area contributed by atoms with Crippen molar-refractivity contribution in [2.45, 2.75) is 13.2 Å². The second-order valence-corrected chi connectivity index (χ2v) is 7.28. The van der Waals surface area contributed by atoms with Crippen molar-refractivity contribution in [3.05, 3.63) is 70.0 Å². The van der Waals surface area contributed by atoms with Gasteiger partial charge >= 0.3 is 5.97 Å². The van der Waals surface area contributed by atoms with Crippen LogP contribution >= 0.6 is 15.9 Å². The zero-order chi connectivity index (χ0) is 19.7. The van der Waals surface area contributed by atoms with Crippen molar-refractivity contribution in [2.24, 2.45) is 0 Å². The maximum Gasteiger partial charge on any atom is 0.354 e. The first kappa shape index (κ1) is 18.5. The minimum atomic E-state index is -1.08. The first-order chi connectivity index (χ1) is 13.6. The molecule has 7 heteroatoms. The Morgan fingerprint density at radius 1 is 1.14 bits per heavy atom. The molecule has 0 aliphatic rings. The molecule has 0 unspecified atom stereocenters. The van der Waals surface area contributed by atoms with Crippen LogP contribution in [0.1, 0.15) is 21.6 Å². The zero-order valence-corrected chi connectivity index (χ0v) is 16.6. The molecular formula is C21H17BrN2O4. The molecule has 0 saturated carbocycles. The molecule has 0 radical (unpaired) electrons. The largest absolute Gasteiger partial charge is 0.489 e. The predicted octanol–water partition coefficient (Wildman–Crippen LogP) is 4.90. The van der Waals surface area contributed by atoms with Crippen LogP contribution in [-0.4, -0.2) is 28.2 Å². The summed E-state index contributed by atoms with van der Waals surface area (Å²) in [7, 11) is 1.53. The van der Waals surface area contributed by atoms with Crippen molar-refractivity contribution in [3.63, 3.8) is 0 Å². The van der Waals surface area contributed by atoms with Gasteiger partial charge in [-0.2, -0.15) is 0 Å². The van der Waals surface area contributed by atoms with E-state index in [-0.39, 0.29) is 12.3 Å². The number of pyridine rings is 1. The van der Waals surface area contributed by atoms with E-state index in [1.165, 1.54) is 7.11 Å². The molecule has 0 aliphatic heterocycles. The Bertz CT molecular complexity index is 1170. The first-order valence-corrected chi connectivity index (χ1v) is 9.39. The highest BCUT2D eigenvalue weighted by atomic mass is 79.9. The number of hydrogen-bond donors (Lipinski definition) is 2. The van der Waals surface area contributed by atoms with Gasteiger partial charge in [-0.15, -0.1) is 0 Å². The maximum atomic E-state index is 11.6. The van der Waals surface area contributed by atoms with Crippen molar-refractivity contribution in [1.29, 1.82) is 0 Å². The van der Waals surface area contributed by atoms with Crippen molar-refractivity contribution < 1.29 is 19.4 Å². The second kappa shape index (κ2) is 7.61. The fourth-order valence-corrected chi connectivity index (χ4v) is 3.51. The SMILES string of the molecule is COCc1c(C(=O)O)ncc2[nH]c3ccc(OCc4ccc(Br)cc4)cc3c12. The van der Waals surface area contributed by atoms with Gasteiger partial charge in [0, 0.05) is 33.4 Å². The maximum absolute atomic E-state index is 11.6. The number of rotatable bonds is 6. The summed E-state index contributed by atoms with van der Waals surface area (Å²) in [5.74, 6) is -0.376. The molecule has 2 aromatic heterocycles. The van der Waals surface area contributed by atoms with E-state index in [4.69, 9.17) is 9.47 Å². The molecule has 142 valence electrons. The number of aromatic nitrogens is 2. The number of carboxylic acid groups (broad SMARTS) is 1. The van der Waals surface area contributed by atoms with Gasteiger partial charge in [-0.3, -0.25) is 0 Å². The van der Waals surface area contributed by atoms with Gasteiger partial charge in [0.1, 0.15) is 12.4 Å². The van der Waals surface area contributed by atoms with Gasteiger partial charge < -0.3 is 19.6 Å². The lowest BCUT2D eigenvalue weighted by molar-refractivity contribution is 0.0685. The predicted molar refractivity (Wildman–Crippen MR) is 110 cm³/mol. The van der Waals surface area contributed by atoms with Gasteiger partial charge in [0.2, 0.25) is 0 Å². The number of fused-ring (bicyclic) bond motifs is 3. The molecule has 2 aromatic carbocycles. The quantitative estimate of drug-likeness (QED) is 0.445. The van der Waals surface area contributed by atoms with Crippen LogP contribution in [0.15, 0.2) is 53.1 Å². The summed E-state index contributed by atoms with van der Waals surface area (Å²) in [5.41, 5.74) is 3.24. The highest BCUT2D eigenvalue weighted by molar-refractivity contribution is 9.10. The number of nitrogens with one attached hydrogen (secondary N) is 1. The average molecular weight is 441 g/mol. The molecular weight excluding hydrogens is 424 g/mol. The smallest absolute Gasteiger partial charge is 0.354 e. The lowest BCUT2D eigenvalue weighted by atomic mass is 10.1. The number of ether oxygens (including phenoxy) is 2. The molecule has 0 aliphatic carbocycles. The van der Waals surface area contributed by atoms with E-state index < -0.39 is 5.97 Å². The first-order valence-electron chi connectivity index (χ1n) is 8.59. The topological polar surface area (TPSA) is 84.4 Å². The summed E-state index contributed by atoms with van der Waals surface area (Å²) < 4.78 is 12.2. The number of hydrogen-bond acceptors (Lipinski definition) is 4. The second-order valence-electron chi connectivity index (χ2n) is 6.36. The highest BCUT2D eigenvalue weighted by Gasteiger charge is 2.19. The fraction of sp³-hybridized carbons (Fsp3) is 0.143. The van der Waals surface area contributed by atoms with E-state index in [0.717, 1.165) is 31.8 Å². The summed E-state index contributed by atoms with van der Waals surface area (Å²) in [5, 5.41) is 11.2. The zero-order valence-electron chi connectivity index (χ0n) is 15.0. The summed E-state index contributed by atoms with van der Waals surface area (Å²) >= 11 is 3.42. The number of halogens is 1. The fourth-order valence-electron chi connectivity index (χ4n) is 3.25. The lowest BCUT2D eigenvalue weighted by Crippen LogP contribution is -2.07. The number of H-pyrrole nitrogens is 1. The molecule has 2 heterocycles. The molecule has 0 atom stereocenters. The molecule has 0 fully saturated rings. The number of carboxylic acids is 1. The Labute approximate surface area is 169 Å². The van der Waals surface area contributed by atoms with Gasteiger partial charge in [-0.25, -0.2) is 9.78 Å². The monoisotopic (exact) mass is 440 g/mol. The number of nitrogens with zero attached hydrogens (tertiary/aromatic N) is 1. The van der Waals surface area contributed by atoms with Gasteiger partial charge in [0.15, 0.2) is 5.69 Å².